The van der Waals surface area contributed by atoms with Gasteiger partial charge in [0.2, 0.25) is 5.95 Å². The second-order valence-corrected chi connectivity index (χ2v) is 11.0. The van der Waals surface area contributed by atoms with Crippen LogP contribution in [0.5, 0.6) is 0 Å². The zero-order chi connectivity index (χ0) is 26.0. The number of rotatable bonds is 7. The Hall–Kier alpha value is -3.56. The number of nitrogens with zero attached hydrogens (tertiary/aromatic N) is 6. The number of aromatic nitrogens is 5. The minimum absolute atomic E-state index is 0.232. The first-order valence-electron chi connectivity index (χ1n) is 13.0. The van der Waals surface area contributed by atoms with Crippen molar-refractivity contribution in [2.24, 2.45) is 0 Å². The van der Waals surface area contributed by atoms with Crippen LogP contribution in [0.1, 0.15) is 40.2 Å². The maximum atomic E-state index is 4.71. The Morgan fingerprint density at radius 1 is 0.946 bits per heavy atom. The van der Waals surface area contributed by atoms with Gasteiger partial charge in [0.05, 0.1) is 16.7 Å². The smallest absolute Gasteiger partial charge is 0.206 e. The summed E-state index contributed by atoms with van der Waals surface area (Å²) >= 11 is 0. The molecule has 0 saturated carbocycles. The van der Waals surface area contributed by atoms with Crippen LogP contribution in [-0.2, 0) is 6.54 Å². The molecule has 0 amide bonds. The van der Waals surface area contributed by atoms with Crippen molar-refractivity contribution in [2.45, 2.75) is 52.7 Å². The first kappa shape index (κ1) is 25.1. The van der Waals surface area contributed by atoms with Gasteiger partial charge in [-0.3, -0.25) is 9.80 Å². The van der Waals surface area contributed by atoms with E-state index in [1.54, 1.807) is 6.33 Å². The van der Waals surface area contributed by atoms with Gasteiger partial charge in [-0.2, -0.15) is 0 Å². The fourth-order valence-corrected chi connectivity index (χ4v) is 4.72. The second kappa shape index (κ2) is 10.4. The molecular formula is C28H37N9. The van der Waals surface area contributed by atoms with Crippen LogP contribution in [0.3, 0.4) is 0 Å². The number of fused-ring (bicyclic) bond motifs is 1. The number of H-pyrrole nitrogens is 1. The number of aromatic amines is 1. The van der Waals surface area contributed by atoms with Crippen LogP contribution in [0.25, 0.3) is 22.3 Å². The first-order chi connectivity index (χ1) is 17.7. The van der Waals surface area contributed by atoms with Crippen molar-refractivity contribution < 1.29 is 0 Å². The summed E-state index contributed by atoms with van der Waals surface area (Å²) in [5.41, 5.74) is 5.16. The van der Waals surface area contributed by atoms with E-state index < -0.39 is 0 Å². The average Bonchev–Trinajstić information content (AvgIpc) is 3.25. The highest BCUT2D eigenvalue weighted by molar-refractivity contribution is 5.83. The zero-order valence-electron chi connectivity index (χ0n) is 22.4. The van der Waals surface area contributed by atoms with Crippen molar-refractivity contribution in [1.29, 1.82) is 0 Å². The lowest BCUT2D eigenvalue weighted by Gasteiger charge is -2.42. The molecule has 5 rings (SSSR count). The van der Waals surface area contributed by atoms with Gasteiger partial charge < -0.3 is 15.6 Å². The lowest BCUT2D eigenvalue weighted by molar-refractivity contribution is 0.0591. The molecule has 0 radical (unpaired) electrons. The Bertz CT molecular complexity index is 1350. The predicted molar refractivity (Wildman–Crippen MR) is 150 cm³/mol. The summed E-state index contributed by atoms with van der Waals surface area (Å²) in [4.78, 5) is 26.4. The van der Waals surface area contributed by atoms with Crippen LogP contribution >= 0.6 is 0 Å². The van der Waals surface area contributed by atoms with E-state index in [0.717, 1.165) is 66.7 Å². The van der Waals surface area contributed by atoms with Crippen LogP contribution in [-0.4, -0.2) is 72.5 Å². The summed E-state index contributed by atoms with van der Waals surface area (Å²) in [5.74, 6) is 2.26. The molecule has 1 aliphatic heterocycles. The lowest BCUT2D eigenvalue weighted by Crippen LogP contribution is -2.53. The predicted octanol–water partition coefficient (Wildman–Crippen LogP) is 4.89. The van der Waals surface area contributed by atoms with Gasteiger partial charge in [-0.05, 0) is 64.4 Å². The molecule has 1 aliphatic rings. The van der Waals surface area contributed by atoms with Gasteiger partial charge in [0.15, 0.2) is 0 Å². The Labute approximate surface area is 218 Å². The van der Waals surface area contributed by atoms with Gasteiger partial charge in [-0.25, -0.2) is 19.9 Å². The Morgan fingerprint density at radius 3 is 2.51 bits per heavy atom. The van der Waals surface area contributed by atoms with Crippen LogP contribution in [0.2, 0.25) is 0 Å². The molecule has 194 valence electrons. The van der Waals surface area contributed by atoms with Gasteiger partial charge in [0.1, 0.15) is 18.0 Å². The van der Waals surface area contributed by atoms with Crippen LogP contribution in [0, 0.1) is 0 Å². The van der Waals surface area contributed by atoms with Crippen molar-refractivity contribution in [3.63, 3.8) is 0 Å². The molecule has 0 unspecified atom stereocenters. The molecule has 3 aromatic heterocycles. The summed E-state index contributed by atoms with van der Waals surface area (Å²) < 4.78 is 0. The van der Waals surface area contributed by atoms with Gasteiger partial charge in [-0.1, -0.05) is 6.07 Å². The van der Waals surface area contributed by atoms with Crippen molar-refractivity contribution in [1.82, 2.24) is 34.7 Å². The largest absolute Gasteiger partial charge is 0.368 e. The molecule has 0 spiro atoms. The van der Waals surface area contributed by atoms with Crippen molar-refractivity contribution in [2.75, 3.05) is 36.8 Å². The van der Waals surface area contributed by atoms with Gasteiger partial charge in [0.25, 0.3) is 0 Å². The van der Waals surface area contributed by atoms with Gasteiger partial charge >= 0.3 is 0 Å². The molecular weight excluding hydrogens is 462 g/mol. The van der Waals surface area contributed by atoms with E-state index in [2.05, 4.69) is 93.2 Å². The summed E-state index contributed by atoms with van der Waals surface area (Å²) in [6.45, 7) is 16.3. The average molecular weight is 500 g/mol. The molecule has 9 heteroatoms. The maximum absolute atomic E-state index is 4.71. The van der Waals surface area contributed by atoms with Crippen LogP contribution in [0.15, 0.2) is 48.9 Å². The van der Waals surface area contributed by atoms with Crippen LogP contribution < -0.4 is 10.6 Å². The molecule has 3 N–H and O–H groups in total. The Morgan fingerprint density at radius 2 is 1.76 bits per heavy atom. The quantitative estimate of drug-likeness (QED) is 0.331. The molecule has 4 heterocycles. The Balaban J connectivity index is 1.26. The van der Waals surface area contributed by atoms with E-state index in [-0.39, 0.29) is 5.54 Å². The number of pyridine rings is 1. The molecule has 0 atom stereocenters. The van der Waals surface area contributed by atoms with Crippen molar-refractivity contribution >= 4 is 28.6 Å². The van der Waals surface area contributed by atoms with E-state index in [4.69, 9.17) is 4.98 Å². The molecule has 1 fully saturated rings. The molecule has 9 nitrogen and oxygen atoms in total. The van der Waals surface area contributed by atoms with Gasteiger partial charge in [-0.15, -0.1) is 0 Å². The zero-order valence-corrected chi connectivity index (χ0v) is 22.4. The Kier molecular flexibility index (Phi) is 7.08. The standard InChI is InChI=1S/C28H37N9/c1-19(2)32-26-16-23(30-18-31-26)21-6-7-22-24(15-21)34-27(33-22)35-25-14-20(8-9-29-25)17-36-10-12-37(13-11-36)28(3,4)5/h6-9,14-16,18-19H,10-13,17H2,1-5H3,(H,30,31,32)(H2,29,33,34,35). The molecule has 0 bridgehead atoms. The van der Waals surface area contributed by atoms with Crippen molar-refractivity contribution in [3.05, 3.63) is 54.5 Å². The number of imidazole rings is 1. The fraction of sp³-hybridized carbons (Fsp3) is 0.429. The maximum Gasteiger partial charge on any atom is 0.206 e. The number of hydrogen-bond donors (Lipinski definition) is 3. The first-order valence-corrected chi connectivity index (χ1v) is 13.0. The van der Waals surface area contributed by atoms with E-state index in [9.17, 15) is 0 Å². The molecule has 1 saturated heterocycles. The molecule has 37 heavy (non-hydrogen) atoms. The number of piperazine rings is 1. The van der Waals surface area contributed by atoms with E-state index >= 15 is 0 Å². The molecule has 1 aromatic carbocycles. The monoisotopic (exact) mass is 499 g/mol. The normalized spacial score (nSPS) is 15.4. The van der Waals surface area contributed by atoms with E-state index in [0.29, 0.717) is 12.0 Å². The minimum Gasteiger partial charge on any atom is -0.368 e. The highest BCUT2D eigenvalue weighted by Crippen LogP contribution is 2.25. The fourth-order valence-electron chi connectivity index (χ4n) is 4.72. The van der Waals surface area contributed by atoms with E-state index in [1.165, 1.54) is 5.56 Å². The lowest BCUT2D eigenvalue weighted by atomic mass is 10.0. The third kappa shape index (κ3) is 6.23. The molecule has 4 aromatic rings. The van der Waals surface area contributed by atoms with Crippen LogP contribution in [0.4, 0.5) is 17.6 Å². The SMILES string of the molecule is CC(C)Nc1cc(-c2ccc3nc(Nc4cc(CN5CCN(C(C)(C)C)CC5)ccn4)[nH]c3c2)ncn1. The number of nitrogens with one attached hydrogen (secondary N) is 3. The van der Waals surface area contributed by atoms with Gasteiger partial charge in [0, 0.05) is 62.1 Å². The summed E-state index contributed by atoms with van der Waals surface area (Å²) in [6.07, 6.45) is 3.45. The third-order valence-electron chi connectivity index (χ3n) is 6.68. The topological polar surface area (TPSA) is 97.9 Å². The third-order valence-corrected chi connectivity index (χ3v) is 6.68. The highest BCUT2D eigenvalue weighted by Gasteiger charge is 2.25. The minimum atomic E-state index is 0.232. The number of anilines is 3. The summed E-state index contributed by atoms with van der Waals surface area (Å²) in [7, 11) is 0. The summed E-state index contributed by atoms with van der Waals surface area (Å²) in [6, 6.07) is 12.6. The number of benzene rings is 1. The number of hydrogen-bond acceptors (Lipinski definition) is 8. The molecule has 0 aliphatic carbocycles. The van der Waals surface area contributed by atoms with E-state index in [1.807, 2.05) is 24.4 Å². The second-order valence-electron chi connectivity index (χ2n) is 11.0. The summed E-state index contributed by atoms with van der Waals surface area (Å²) in [5, 5.41) is 6.68. The highest BCUT2D eigenvalue weighted by atomic mass is 15.3. The van der Waals surface area contributed by atoms with Crippen molar-refractivity contribution in [3.8, 4) is 11.3 Å².